The van der Waals surface area contributed by atoms with Gasteiger partial charge in [0.15, 0.2) is 12.4 Å². The summed E-state index contributed by atoms with van der Waals surface area (Å²) in [6.45, 7) is -1.21. The molecular weight excluding hydrogens is 315 g/mol. The molecule has 0 radical (unpaired) electrons. The number of ether oxygens (including phenoxy) is 2. The molecule has 1 aromatic heterocycles. The molecule has 4 atom stereocenters. The van der Waals surface area contributed by atoms with E-state index >= 15 is 0 Å². The number of nitrogens with two attached hydrogens (primary N) is 1. The Morgan fingerprint density at radius 3 is 3.04 bits per heavy atom. The van der Waals surface area contributed by atoms with Gasteiger partial charge >= 0.3 is 5.69 Å². The van der Waals surface area contributed by atoms with Crippen LogP contribution in [0.25, 0.3) is 10.4 Å². The summed E-state index contributed by atoms with van der Waals surface area (Å²) in [5.74, 6) is -2.14. The molecule has 0 aliphatic carbocycles. The van der Waals surface area contributed by atoms with Crippen molar-refractivity contribution in [3.05, 3.63) is 33.2 Å². The minimum atomic E-state index is -2.09. The lowest BCUT2D eigenvalue weighted by atomic mass is 10.1. The van der Waals surface area contributed by atoms with E-state index in [1.54, 1.807) is 0 Å². The van der Waals surface area contributed by atoms with E-state index in [0.717, 1.165) is 10.8 Å². The van der Waals surface area contributed by atoms with Crippen molar-refractivity contribution in [2.24, 2.45) is 5.11 Å². The molecule has 0 bridgehead atoms. The van der Waals surface area contributed by atoms with E-state index in [1.807, 2.05) is 0 Å². The Morgan fingerprint density at radius 2 is 2.43 bits per heavy atom. The predicted molar refractivity (Wildman–Crippen MR) is 73.7 cm³/mol. The van der Waals surface area contributed by atoms with Gasteiger partial charge in [-0.05, 0) is 11.6 Å². The SMILES string of the molecule is [N-]=[N+]=NCCO[C@]1(CO)O[C@@H](n2ccc(N)nc2=O)[C@@H](F)[C@@H]1O. The van der Waals surface area contributed by atoms with Crippen LogP contribution in [0.1, 0.15) is 6.23 Å². The number of nitrogen functional groups attached to an aromatic ring is 1. The van der Waals surface area contributed by atoms with E-state index in [2.05, 4.69) is 15.0 Å². The fourth-order valence-corrected chi connectivity index (χ4v) is 2.17. The molecule has 0 saturated carbocycles. The molecule has 0 spiro atoms. The number of hydrogen-bond acceptors (Lipinski definition) is 8. The Kier molecular flexibility index (Phi) is 5.13. The van der Waals surface area contributed by atoms with Crippen LogP contribution in [0.15, 0.2) is 22.2 Å². The number of aliphatic hydroxyl groups is 2. The number of azide groups is 1. The number of alkyl halides is 1. The highest BCUT2D eigenvalue weighted by Gasteiger charge is 2.57. The molecule has 4 N–H and O–H groups in total. The summed E-state index contributed by atoms with van der Waals surface area (Å²) in [5, 5.41) is 22.6. The molecule has 1 fully saturated rings. The zero-order chi connectivity index (χ0) is 17.0. The van der Waals surface area contributed by atoms with Crippen molar-refractivity contribution < 1.29 is 24.1 Å². The van der Waals surface area contributed by atoms with E-state index in [9.17, 15) is 19.4 Å². The van der Waals surface area contributed by atoms with Gasteiger partial charge < -0.3 is 25.4 Å². The van der Waals surface area contributed by atoms with Crippen LogP contribution in [0.4, 0.5) is 10.2 Å². The summed E-state index contributed by atoms with van der Waals surface area (Å²) in [4.78, 5) is 17.7. The van der Waals surface area contributed by atoms with E-state index in [1.165, 1.54) is 6.07 Å². The quantitative estimate of drug-likeness (QED) is 0.262. The monoisotopic (exact) mass is 330 g/mol. The largest absolute Gasteiger partial charge is 0.391 e. The second kappa shape index (κ2) is 6.89. The Labute approximate surface area is 128 Å². The molecule has 12 heteroatoms. The lowest BCUT2D eigenvalue weighted by Crippen LogP contribution is -2.48. The maximum atomic E-state index is 14.3. The molecule has 23 heavy (non-hydrogen) atoms. The first kappa shape index (κ1) is 17.1. The summed E-state index contributed by atoms with van der Waals surface area (Å²) in [6.07, 6.45) is -4.34. The van der Waals surface area contributed by atoms with Gasteiger partial charge in [-0.1, -0.05) is 5.11 Å². The van der Waals surface area contributed by atoms with Crippen molar-refractivity contribution >= 4 is 5.82 Å². The second-order valence-electron chi connectivity index (χ2n) is 4.71. The molecule has 0 aromatic carbocycles. The van der Waals surface area contributed by atoms with E-state index in [4.69, 9.17) is 20.7 Å². The first-order valence-corrected chi connectivity index (χ1v) is 6.55. The van der Waals surface area contributed by atoms with E-state index < -0.39 is 36.6 Å². The lowest BCUT2D eigenvalue weighted by Gasteiger charge is -2.29. The van der Waals surface area contributed by atoms with Crippen molar-refractivity contribution in [1.29, 1.82) is 0 Å². The summed E-state index contributed by atoms with van der Waals surface area (Å²) < 4.78 is 25.5. The number of aliphatic hydroxyl groups excluding tert-OH is 2. The number of halogens is 1. The molecule has 0 amide bonds. The summed E-state index contributed by atoms with van der Waals surface area (Å²) in [7, 11) is 0. The highest BCUT2D eigenvalue weighted by molar-refractivity contribution is 5.23. The fourth-order valence-electron chi connectivity index (χ4n) is 2.17. The minimum Gasteiger partial charge on any atom is -0.391 e. The van der Waals surface area contributed by atoms with E-state index in [0.29, 0.717) is 0 Å². The topological polar surface area (TPSA) is 169 Å². The van der Waals surface area contributed by atoms with Crippen molar-refractivity contribution in [1.82, 2.24) is 9.55 Å². The number of nitrogens with zero attached hydrogens (tertiary/aromatic N) is 5. The Morgan fingerprint density at radius 1 is 1.70 bits per heavy atom. The van der Waals surface area contributed by atoms with Crippen molar-refractivity contribution in [2.45, 2.75) is 24.3 Å². The Balaban J connectivity index is 2.24. The highest BCUT2D eigenvalue weighted by Crippen LogP contribution is 2.39. The van der Waals surface area contributed by atoms with Crippen LogP contribution < -0.4 is 11.4 Å². The average Bonchev–Trinajstić information content (AvgIpc) is 2.77. The van der Waals surface area contributed by atoms with Crippen LogP contribution >= 0.6 is 0 Å². The highest BCUT2D eigenvalue weighted by atomic mass is 19.1. The predicted octanol–water partition coefficient (Wildman–Crippen LogP) is -0.931. The standard InChI is InChI=1S/C11H15FN6O5/c12-7-8(20)11(5-19,22-4-2-15-17-14)23-9(7)18-3-1-6(13)16-10(18)21/h1,3,7-9,19-20H,2,4-5H2,(H2,13,16,21)/t7-,8-,9+,11+/m0/s1. The Bertz CT molecular complexity index is 665. The molecule has 126 valence electrons. The van der Waals surface area contributed by atoms with Gasteiger partial charge in [-0.3, -0.25) is 4.57 Å². The van der Waals surface area contributed by atoms with Gasteiger partial charge in [0.25, 0.3) is 0 Å². The molecule has 1 aliphatic heterocycles. The van der Waals surface area contributed by atoms with E-state index in [-0.39, 0.29) is 19.0 Å². The van der Waals surface area contributed by atoms with Crippen LogP contribution in [0.5, 0.6) is 0 Å². The molecule has 2 rings (SSSR count). The van der Waals surface area contributed by atoms with Gasteiger partial charge in [0, 0.05) is 17.7 Å². The Hall–Kier alpha value is -2.24. The molecule has 1 saturated heterocycles. The van der Waals surface area contributed by atoms with Gasteiger partial charge in [-0.25, -0.2) is 9.18 Å². The van der Waals surface area contributed by atoms with Crippen molar-refractivity contribution in [3.63, 3.8) is 0 Å². The molecule has 1 aliphatic rings. The summed E-state index contributed by atoms with van der Waals surface area (Å²) in [6, 6.07) is 1.26. The maximum absolute atomic E-state index is 14.3. The van der Waals surface area contributed by atoms with Crippen molar-refractivity contribution in [2.75, 3.05) is 25.5 Å². The molecular formula is C11H15FN6O5. The summed E-state index contributed by atoms with van der Waals surface area (Å²) in [5.41, 5.74) is 12.6. The summed E-state index contributed by atoms with van der Waals surface area (Å²) >= 11 is 0. The van der Waals surface area contributed by atoms with Gasteiger partial charge in [0.2, 0.25) is 5.79 Å². The zero-order valence-electron chi connectivity index (χ0n) is 11.8. The van der Waals surface area contributed by atoms with Gasteiger partial charge in [0.1, 0.15) is 18.5 Å². The zero-order valence-corrected chi connectivity index (χ0v) is 11.8. The number of rotatable bonds is 6. The van der Waals surface area contributed by atoms with Crippen molar-refractivity contribution in [3.8, 4) is 0 Å². The van der Waals surface area contributed by atoms with Crippen LogP contribution in [-0.2, 0) is 9.47 Å². The molecule has 1 aromatic rings. The lowest BCUT2D eigenvalue weighted by molar-refractivity contribution is -0.280. The fraction of sp³-hybridized carbons (Fsp3) is 0.636. The maximum Gasteiger partial charge on any atom is 0.351 e. The third-order valence-electron chi connectivity index (χ3n) is 3.29. The number of hydrogen-bond donors (Lipinski definition) is 3. The normalized spacial score (nSPS) is 30.1. The van der Waals surface area contributed by atoms with Gasteiger partial charge in [-0.15, -0.1) is 0 Å². The number of anilines is 1. The molecule has 2 heterocycles. The van der Waals surface area contributed by atoms with Crippen LogP contribution in [0.2, 0.25) is 0 Å². The third kappa shape index (κ3) is 3.25. The smallest absolute Gasteiger partial charge is 0.351 e. The minimum absolute atomic E-state index is 0.0563. The van der Waals surface area contributed by atoms with Crippen LogP contribution in [-0.4, -0.2) is 57.6 Å². The molecule has 11 nitrogen and oxygen atoms in total. The second-order valence-corrected chi connectivity index (χ2v) is 4.71. The average molecular weight is 330 g/mol. The third-order valence-corrected chi connectivity index (χ3v) is 3.29. The van der Waals surface area contributed by atoms with Gasteiger partial charge in [-0.2, -0.15) is 4.98 Å². The first-order valence-electron chi connectivity index (χ1n) is 6.55. The first-order chi connectivity index (χ1) is 10.9. The molecule has 0 unspecified atom stereocenters. The number of aromatic nitrogens is 2. The van der Waals surface area contributed by atoms with Gasteiger partial charge in [0.05, 0.1) is 6.61 Å². The van der Waals surface area contributed by atoms with Crippen LogP contribution in [0, 0.1) is 0 Å². The van der Waals surface area contributed by atoms with Crippen LogP contribution in [0.3, 0.4) is 0 Å².